The van der Waals surface area contributed by atoms with Crippen molar-refractivity contribution in [2.24, 2.45) is 0 Å². The lowest BCUT2D eigenvalue weighted by Gasteiger charge is -2.18. The van der Waals surface area contributed by atoms with Crippen molar-refractivity contribution >= 4 is 16.5 Å². The summed E-state index contributed by atoms with van der Waals surface area (Å²) in [7, 11) is 1.96. The highest BCUT2D eigenvalue weighted by molar-refractivity contribution is 5.95. The van der Waals surface area contributed by atoms with Crippen LogP contribution in [0.5, 0.6) is 0 Å². The van der Waals surface area contributed by atoms with Gasteiger partial charge in [-0.05, 0) is 59.2 Å². The standard InChI is InChI=1S/C24H19FN4/c1-29-15-21(24(28-29)16-5-8-18(25)9-6-16)17-7-10-23-20(14-17)19(11-13-27-23)22-4-2-3-12-26-22/h2-15,24,28H,1H3. The molecule has 0 saturated heterocycles. The molecule has 0 bridgehead atoms. The van der Waals surface area contributed by atoms with Crippen molar-refractivity contribution in [3.05, 3.63) is 102 Å². The molecule has 0 spiro atoms. The molecule has 1 unspecified atom stereocenters. The van der Waals surface area contributed by atoms with Gasteiger partial charge in [0.1, 0.15) is 5.82 Å². The maximum Gasteiger partial charge on any atom is 0.123 e. The van der Waals surface area contributed by atoms with Crippen molar-refractivity contribution in [2.45, 2.75) is 6.04 Å². The molecule has 142 valence electrons. The van der Waals surface area contributed by atoms with Gasteiger partial charge < -0.3 is 5.01 Å². The van der Waals surface area contributed by atoms with Gasteiger partial charge >= 0.3 is 0 Å². The number of rotatable bonds is 3. The lowest BCUT2D eigenvalue weighted by Crippen LogP contribution is -2.27. The number of nitrogens with zero attached hydrogens (tertiary/aromatic N) is 3. The van der Waals surface area contributed by atoms with Crippen molar-refractivity contribution in [1.29, 1.82) is 0 Å². The number of hydrogen-bond donors (Lipinski definition) is 1. The van der Waals surface area contributed by atoms with Crippen LogP contribution in [-0.4, -0.2) is 22.0 Å². The molecule has 2 aromatic carbocycles. The average Bonchev–Trinajstić information content (AvgIpc) is 3.16. The van der Waals surface area contributed by atoms with Gasteiger partial charge in [0.05, 0.1) is 17.3 Å². The van der Waals surface area contributed by atoms with Crippen LogP contribution < -0.4 is 5.43 Å². The first-order chi connectivity index (χ1) is 14.2. The zero-order valence-electron chi connectivity index (χ0n) is 15.9. The summed E-state index contributed by atoms with van der Waals surface area (Å²) in [5, 5.41) is 2.99. The number of hydrazine groups is 1. The number of benzene rings is 2. The zero-order valence-corrected chi connectivity index (χ0v) is 15.9. The number of aromatic nitrogens is 2. The van der Waals surface area contributed by atoms with Crippen LogP contribution in [0.2, 0.25) is 0 Å². The van der Waals surface area contributed by atoms with Gasteiger partial charge in [-0.3, -0.25) is 9.97 Å². The Balaban J connectivity index is 1.62. The largest absolute Gasteiger partial charge is 0.317 e. The smallest absolute Gasteiger partial charge is 0.123 e. The molecule has 2 aromatic heterocycles. The monoisotopic (exact) mass is 382 g/mol. The topological polar surface area (TPSA) is 41.1 Å². The second-order valence-corrected chi connectivity index (χ2v) is 7.11. The number of fused-ring (bicyclic) bond motifs is 1. The maximum atomic E-state index is 13.4. The van der Waals surface area contributed by atoms with Crippen LogP contribution >= 0.6 is 0 Å². The highest BCUT2D eigenvalue weighted by Gasteiger charge is 2.25. The number of pyridine rings is 2. The van der Waals surface area contributed by atoms with Crippen LogP contribution in [-0.2, 0) is 0 Å². The molecule has 1 atom stereocenters. The molecule has 0 aliphatic carbocycles. The van der Waals surface area contributed by atoms with E-state index in [4.69, 9.17) is 0 Å². The van der Waals surface area contributed by atoms with E-state index in [2.05, 4.69) is 33.7 Å². The fourth-order valence-electron chi connectivity index (χ4n) is 3.82. The molecule has 5 heteroatoms. The molecule has 4 aromatic rings. The van der Waals surface area contributed by atoms with Crippen molar-refractivity contribution in [3.8, 4) is 11.3 Å². The number of halogens is 1. The van der Waals surface area contributed by atoms with Gasteiger partial charge in [-0.2, -0.15) is 0 Å². The molecule has 0 amide bonds. The van der Waals surface area contributed by atoms with Crippen LogP contribution in [0, 0.1) is 5.82 Å². The fraction of sp³-hybridized carbons (Fsp3) is 0.0833. The predicted molar refractivity (Wildman–Crippen MR) is 113 cm³/mol. The molecule has 0 radical (unpaired) electrons. The van der Waals surface area contributed by atoms with E-state index in [0.717, 1.165) is 38.9 Å². The van der Waals surface area contributed by atoms with Crippen molar-refractivity contribution in [1.82, 2.24) is 20.4 Å². The third-order valence-corrected chi connectivity index (χ3v) is 5.20. The highest BCUT2D eigenvalue weighted by Crippen LogP contribution is 2.36. The summed E-state index contributed by atoms with van der Waals surface area (Å²) in [4.78, 5) is 9.03. The normalized spacial score (nSPS) is 16.3. The summed E-state index contributed by atoms with van der Waals surface area (Å²) in [5.74, 6) is -0.234. The van der Waals surface area contributed by atoms with Crippen molar-refractivity contribution in [3.63, 3.8) is 0 Å². The summed E-state index contributed by atoms with van der Waals surface area (Å²) in [6, 6.07) is 20.8. The van der Waals surface area contributed by atoms with E-state index in [1.54, 1.807) is 6.20 Å². The average molecular weight is 382 g/mol. The van der Waals surface area contributed by atoms with E-state index in [0.29, 0.717) is 0 Å². The summed E-state index contributed by atoms with van der Waals surface area (Å²) in [5.41, 5.74) is 9.55. The molecule has 4 nitrogen and oxygen atoms in total. The minimum absolute atomic E-state index is 0.0481. The van der Waals surface area contributed by atoms with Gasteiger partial charge in [0.15, 0.2) is 0 Å². The Hall–Kier alpha value is -3.57. The minimum atomic E-state index is -0.234. The van der Waals surface area contributed by atoms with Gasteiger partial charge in [-0.25, -0.2) is 9.82 Å². The molecule has 1 aliphatic heterocycles. The van der Waals surface area contributed by atoms with Gasteiger partial charge in [0.25, 0.3) is 0 Å². The van der Waals surface area contributed by atoms with E-state index in [9.17, 15) is 4.39 Å². The van der Waals surface area contributed by atoms with Gasteiger partial charge in [-0.15, -0.1) is 0 Å². The summed E-state index contributed by atoms with van der Waals surface area (Å²) in [6.45, 7) is 0. The molecule has 0 saturated carbocycles. The second kappa shape index (κ2) is 7.11. The Bertz CT molecular complexity index is 1200. The first-order valence-corrected chi connectivity index (χ1v) is 9.46. The van der Waals surface area contributed by atoms with Crippen molar-refractivity contribution in [2.75, 3.05) is 7.05 Å². The molecule has 29 heavy (non-hydrogen) atoms. The number of hydrogen-bond acceptors (Lipinski definition) is 4. The first-order valence-electron chi connectivity index (χ1n) is 9.46. The molecule has 5 rings (SSSR count). The van der Waals surface area contributed by atoms with Crippen LogP contribution in [0.3, 0.4) is 0 Å². The minimum Gasteiger partial charge on any atom is -0.317 e. The summed E-state index contributed by atoms with van der Waals surface area (Å²) in [6.07, 6.45) is 5.69. The van der Waals surface area contributed by atoms with Crippen molar-refractivity contribution < 1.29 is 4.39 Å². The highest BCUT2D eigenvalue weighted by atomic mass is 19.1. The van der Waals surface area contributed by atoms with Crippen LogP contribution in [0.1, 0.15) is 17.2 Å². The van der Waals surface area contributed by atoms with E-state index in [1.807, 2.05) is 60.7 Å². The Kier molecular flexibility index (Phi) is 4.30. The third-order valence-electron chi connectivity index (χ3n) is 5.20. The van der Waals surface area contributed by atoms with Gasteiger partial charge in [0.2, 0.25) is 0 Å². The Labute approximate surface area is 168 Å². The van der Waals surface area contributed by atoms with Crippen LogP contribution in [0.25, 0.3) is 27.7 Å². The van der Waals surface area contributed by atoms with Gasteiger partial charge in [-0.1, -0.05) is 24.3 Å². The molecule has 1 N–H and O–H groups in total. The van der Waals surface area contributed by atoms with E-state index in [1.165, 1.54) is 12.1 Å². The zero-order chi connectivity index (χ0) is 19.8. The van der Waals surface area contributed by atoms with E-state index < -0.39 is 0 Å². The lowest BCUT2D eigenvalue weighted by atomic mass is 9.93. The SMILES string of the molecule is CN1C=C(c2ccc3nccc(-c4ccccn4)c3c2)C(c2ccc(F)cc2)N1. The maximum absolute atomic E-state index is 13.4. The Morgan fingerprint density at radius 2 is 1.79 bits per heavy atom. The molecule has 0 fully saturated rings. The van der Waals surface area contributed by atoms with Gasteiger partial charge in [0, 0.05) is 36.6 Å². The Morgan fingerprint density at radius 3 is 2.59 bits per heavy atom. The Morgan fingerprint density at radius 1 is 0.931 bits per heavy atom. The number of nitrogens with one attached hydrogen (secondary N) is 1. The van der Waals surface area contributed by atoms with E-state index >= 15 is 0 Å². The molecular weight excluding hydrogens is 363 g/mol. The molecule has 1 aliphatic rings. The predicted octanol–water partition coefficient (Wildman–Crippen LogP) is 4.97. The van der Waals surface area contributed by atoms with E-state index in [-0.39, 0.29) is 11.9 Å². The van der Waals surface area contributed by atoms with Crippen LogP contribution in [0.4, 0.5) is 4.39 Å². The fourth-order valence-corrected chi connectivity index (χ4v) is 3.82. The third kappa shape index (κ3) is 3.26. The molecule has 3 heterocycles. The lowest BCUT2D eigenvalue weighted by molar-refractivity contribution is 0.334. The molecular formula is C24H19FN4. The quantitative estimate of drug-likeness (QED) is 0.543. The second-order valence-electron chi connectivity index (χ2n) is 7.11. The first kappa shape index (κ1) is 17.5. The van der Waals surface area contributed by atoms with Crippen LogP contribution in [0.15, 0.2) is 85.3 Å². The summed E-state index contributed by atoms with van der Waals surface area (Å²) < 4.78 is 13.4. The summed E-state index contributed by atoms with van der Waals surface area (Å²) >= 11 is 0.